The molecule has 1 aromatic heterocycles. The van der Waals surface area contributed by atoms with Gasteiger partial charge in [-0.1, -0.05) is 66.7 Å². The number of aryl methyl sites for hydroxylation is 1. The minimum Gasteiger partial charge on any atom is -0.481 e. The Kier molecular flexibility index (Phi) is 9.11. The summed E-state index contributed by atoms with van der Waals surface area (Å²) in [4.78, 5) is 39.2. The van der Waals surface area contributed by atoms with E-state index in [2.05, 4.69) is 53.4 Å². The SMILES string of the molecule is Cn1c(=O)c2cc(CC(=O)O)ccc2n(CCCCN2CCC(OC(c3ccccc3)c3ccccc3)CC2)c1=O. The van der Waals surface area contributed by atoms with Crippen molar-refractivity contribution in [1.82, 2.24) is 14.0 Å². The molecule has 1 aliphatic heterocycles. The number of nitrogens with zero attached hydrogens (tertiary/aromatic N) is 3. The van der Waals surface area contributed by atoms with Crippen LogP contribution in [0.3, 0.4) is 0 Å². The zero-order valence-corrected chi connectivity index (χ0v) is 23.4. The molecule has 1 saturated heterocycles. The maximum Gasteiger partial charge on any atom is 0.331 e. The fourth-order valence-electron chi connectivity index (χ4n) is 5.71. The summed E-state index contributed by atoms with van der Waals surface area (Å²) in [5.41, 5.74) is 2.68. The van der Waals surface area contributed by atoms with Gasteiger partial charge in [0.15, 0.2) is 0 Å². The van der Waals surface area contributed by atoms with E-state index in [0.29, 0.717) is 23.0 Å². The van der Waals surface area contributed by atoms with Gasteiger partial charge in [0.25, 0.3) is 5.56 Å². The van der Waals surface area contributed by atoms with Gasteiger partial charge in [-0.15, -0.1) is 0 Å². The number of hydrogen-bond donors (Lipinski definition) is 1. The van der Waals surface area contributed by atoms with Crippen LogP contribution < -0.4 is 11.2 Å². The highest BCUT2D eigenvalue weighted by Gasteiger charge is 2.24. The number of carbonyl (C=O) groups is 1. The molecule has 4 aromatic rings. The smallest absolute Gasteiger partial charge is 0.331 e. The van der Waals surface area contributed by atoms with E-state index in [9.17, 15) is 14.4 Å². The fourth-order valence-corrected chi connectivity index (χ4v) is 5.71. The van der Waals surface area contributed by atoms with E-state index in [-0.39, 0.29) is 24.3 Å². The zero-order valence-electron chi connectivity index (χ0n) is 23.4. The summed E-state index contributed by atoms with van der Waals surface area (Å²) in [6.07, 6.45) is 3.61. The number of aliphatic carboxylic acids is 1. The summed E-state index contributed by atoms with van der Waals surface area (Å²) in [7, 11) is 1.47. The molecule has 0 spiro atoms. The Morgan fingerprint density at radius 3 is 2.12 bits per heavy atom. The lowest BCUT2D eigenvalue weighted by molar-refractivity contribution is -0.136. The Hall–Kier alpha value is -4.01. The molecule has 0 unspecified atom stereocenters. The second-order valence-electron chi connectivity index (χ2n) is 10.8. The monoisotopic (exact) mass is 555 g/mol. The number of hydrogen-bond acceptors (Lipinski definition) is 5. The van der Waals surface area contributed by atoms with Gasteiger partial charge in [-0.2, -0.15) is 0 Å². The molecular formula is C33H37N3O5. The van der Waals surface area contributed by atoms with Crippen LogP contribution in [0.25, 0.3) is 10.9 Å². The number of unbranched alkanes of at least 4 members (excludes halogenated alkanes) is 1. The molecule has 5 rings (SSSR count). The Balaban J connectivity index is 1.16. The molecule has 214 valence electrons. The highest BCUT2D eigenvalue weighted by Crippen LogP contribution is 2.30. The van der Waals surface area contributed by atoms with Crippen LogP contribution >= 0.6 is 0 Å². The average molecular weight is 556 g/mol. The fraction of sp³-hybridized carbons (Fsp3) is 0.364. The van der Waals surface area contributed by atoms with Crippen molar-refractivity contribution in [1.29, 1.82) is 0 Å². The predicted molar refractivity (Wildman–Crippen MR) is 159 cm³/mol. The first kappa shape index (κ1) is 28.5. The molecule has 1 N–H and O–H groups in total. The van der Waals surface area contributed by atoms with E-state index in [0.717, 1.165) is 49.9 Å². The molecule has 0 bridgehead atoms. The van der Waals surface area contributed by atoms with Crippen LogP contribution in [0.5, 0.6) is 0 Å². The van der Waals surface area contributed by atoms with Gasteiger partial charge in [0.05, 0.1) is 23.4 Å². The van der Waals surface area contributed by atoms with E-state index in [1.807, 2.05) is 12.1 Å². The van der Waals surface area contributed by atoms with E-state index in [1.165, 1.54) is 18.2 Å². The summed E-state index contributed by atoms with van der Waals surface area (Å²) in [5.74, 6) is -0.961. The number of piperidine rings is 1. The van der Waals surface area contributed by atoms with Crippen molar-refractivity contribution >= 4 is 16.9 Å². The highest BCUT2D eigenvalue weighted by atomic mass is 16.5. The van der Waals surface area contributed by atoms with Crippen molar-refractivity contribution in [3.05, 3.63) is 116 Å². The number of fused-ring (bicyclic) bond motifs is 1. The number of ether oxygens (including phenoxy) is 1. The van der Waals surface area contributed by atoms with Gasteiger partial charge >= 0.3 is 11.7 Å². The number of rotatable bonds is 11. The van der Waals surface area contributed by atoms with Gasteiger partial charge in [0.2, 0.25) is 0 Å². The molecule has 1 aliphatic rings. The van der Waals surface area contributed by atoms with Gasteiger partial charge in [0.1, 0.15) is 6.10 Å². The lowest BCUT2D eigenvalue weighted by Gasteiger charge is -2.34. The van der Waals surface area contributed by atoms with Crippen LogP contribution in [0.4, 0.5) is 0 Å². The number of carboxylic acid groups (broad SMARTS) is 1. The van der Waals surface area contributed by atoms with Gasteiger partial charge in [-0.05, 0) is 61.1 Å². The molecule has 1 fully saturated rings. The molecule has 41 heavy (non-hydrogen) atoms. The highest BCUT2D eigenvalue weighted by molar-refractivity contribution is 5.80. The topological polar surface area (TPSA) is 93.8 Å². The van der Waals surface area contributed by atoms with E-state index in [1.54, 1.807) is 22.8 Å². The Labute approximate surface area is 239 Å². The molecule has 0 saturated carbocycles. The summed E-state index contributed by atoms with van der Waals surface area (Å²) in [6.45, 7) is 3.37. The lowest BCUT2D eigenvalue weighted by atomic mass is 10.00. The second kappa shape index (κ2) is 13.1. The Morgan fingerprint density at radius 1 is 0.902 bits per heavy atom. The summed E-state index contributed by atoms with van der Waals surface area (Å²) < 4.78 is 9.42. The number of likely N-dealkylation sites (tertiary alicyclic amines) is 1. The molecule has 8 nitrogen and oxygen atoms in total. The van der Waals surface area contributed by atoms with E-state index >= 15 is 0 Å². The quantitative estimate of drug-likeness (QED) is 0.276. The minimum absolute atomic E-state index is 0.0795. The molecular weight excluding hydrogens is 518 g/mol. The van der Waals surface area contributed by atoms with Gasteiger partial charge in [-0.3, -0.25) is 18.7 Å². The first-order chi connectivity index (χ1) is 19.9. The first-order valence-corrected chi connectivity index (χ1v) is 14.3. The van der Waals surface area contributed by atoms with Crippen molar-refractivity contribution < 1.29 is 14.6 Å². The van der Waals surface area contributed by atoms with Crippen molar-refractivity contribution in [2.24, 2.45) is 7.05 Å². The predicted octanol–water partition coefficient (Wildman–Crippen LogP) is 4.38. The van der Waals surface area contributed by atoms with Crippen LogP contribution in [0, 0.1) is 0 Å². The van der Waals surface area contributed by atoms with Crippen molar-refractivity contribution in [3.8, 4) is 0 Å². The third-order valence-electron chi connectivity index (χ3n) is 7.93. The van der Waals surface area contributed by atoms with Crippen molar-refractivity contribution in [3.63, 3.8) is 0 Å². The first-order valence-electron chi connectivity index (χ1n) is 14.3. The molecule has 0 atom stereocenters. The molecule has 3 aromatic carbocycles. The van der Waals surface area contributed by atoms with Gasteiger partial charge in [0, 0.05) is 26.7 Å². The lowest BCUT2D eigenvalue weighted by Crippen LogP contribution is -2.39. The molecule has 2 heterocycles. The third kappa shape index (κ3) is 6.84. The zero-order chi connectivity index (χ0) is 28.8. The molecule has 8 heteroatoms. The number of benzene rings is 3. The largest absolute Gasteiger partial charge is 0.481 e. The maximum absolute atomic E-state index is 12.9. The van der Waals surface area contributed by atoms with Crippen LogP contribution in [0.15, 0.2) is 88.5 Å². The molecule has 0 radical (unpaired) electrons. The average Bonchev–Trinajstić information content (AvgIpc) is 3.00. The van der Waals surface area contributed by atoms with Crippen molar-refractivity contribution in [2.45, 2.75) is 50.9 Å². The standard InChI is InChI=1S/C33H37N3O5/c1-34-32(39)28-22-24(23-30(37)38)14-15-29(28)36(33(34)40)19-9-8-18-35-20-16-27(17-21-35)41-31(25-10-4-2-5-11-25)26-12-6-3-7-13-26/h2-7,10-15,22,27,31H,8-9,16-21,23H2,1H3,(H,37,38). The van der Waals surface area contributed by atoms with E-state index < -0.39 is 11.5 Å². The van der Waals surface area contributed by atoms with Crippen LogP contribution in [0.1, 0.15) is 48.5 Å². The normalized spacial score (nSPS) is 14.6. The summed E-state index contributed by atoms with van der Waals surface area (Å²) >= 11 is 0. The van der Waals surface area contributed by atoms with Crippen LogP contribution in [-0.2, 0) is 29.5 Å². The summed E-state index contributed by atoms with van der Waals surface area (Å²) in [6, 6.07) is 25.7. The van der Waals surface area contributed by atoms with Gasteiger partial charge in [-0.25, -0.2) is 4.79 Å². The maximum atomic E-state index is 12.9. The minimum atomic E-state index is -0.961. The van der Waals surface area contributed by atoms with Crippen LogP contribution in [0.2, 0.25) is 0 Å². The Morgan fingerprint density at radius 2 is 1.51 bits per heavy atom. The second-order valence-corrected chi connectivity index (χ2v) is 10.8. The third-order valence-corrected chi connectivity index (χ3v) is 7.93. The van der Waals surface area contributed by atoms with Crippen LogP contribution in [-0.4, -0.2) is 50.8 Å². The van der Waals surface area contributed by atoms with E-state index in [4.69, 9.17) is 9.84 Å². The Bertz CT molecular complexity index is 1550. The number of aromatic nitrogens is 2. The molecule has 0 amide bonds. The number of carboxylic acids is 1. The summed E-state index contributed by atoms with van der Waals surface area (Å²) in [5, 5.41) is 9.48. The van der Waals surface area contributed by atoms with Gasteiger partial charge < -0.3 is 14.7 Å². The molecule has 0 aliphatic carbocycles. The van der Waals surface area contributed by atoms with Crippen molar-refractivity contribution in [2.75, 3.05) is 19.6 Å².